The number of carbonyl (C=O) groups excluding carboxylic acids is 1. The average Bonchev–Trinajstić information content (AvgIpc) is 2.73. The van der Waals surface area contributed by atoms with Gasteiger partial charge in [0.05, 0.1) is 5.69 Å². The van der Waals surface area contributed by atoms with Gasteiger partial charge in [-0.15, -0.1) is 0 Å². The summed E-state index contributed by atoms with van der Waals surface area (Å²) in [5, 5.41) is 11.9. The van der Waals surface area contributed by atoms with E-state index in [1.165, 1.54) is 17.1 Å². The standard InChI is InChI=1S/C22H21FN4O3/c1-13-2-7-18(19(23)10-13)20-8-9-24-21(26-20)25-16-5-3-14-4-6-17(12-15(14)11-16)30-22(28)27-29/h2,4,6-10,12,16,29H,3,5,11H2,1H3,(H,27,28)(H,24,25,26). The van der Waals surface area contributed by atoms with E-state index < -0.39 is 6.09 Å². The van der Waals surface area contributed by atoms with E-state index in [2.05, 4.69) is 15.3 Å². The molecule has 3 aromatic rings. The van der Waals surface area contributed by atoms with Gasteiger partial charge < -0.3 is 10.1 Å². The normalized spacial score (nSPS) is 15.2. The van der Waals surface area contributed by atoms with Crippen LogP contribution in [0.3, 0.4) is 0 Å². The number of hydrogen-bond acceptors (Lipinski definition) is 6. The fourth-order valence-electron chi connectivity index (χ4n) is 3.64. The first-order valence-corrected chi connectivity index (χ1v) is 9.61. The van der Waals surface area contributed by atoms with Crippen LogP contribution in [0.5, 0.6) is 5.75 Å². The SMILES string of the molecule is Cc1ccc(-c2ccnc(NC3CCc4ccc(OC(=O)NO)cc4C3)n2)c(F)c1. The number of ether oxygens (including phenoxy) is 1. The van der Waals surface area contributed by atoms with E-state index in [0.29, 0.717) is 29.4 Å². The molecule has 1 aromatic heterocycles. The van der Waals surface area contributed by atoms with Gasteiger partial charge in [-0.05, 0) is 73.2 Å². The number of benzene rings is 2. The highest BCUT2D eigenvalue weighted by Gasteiger charge is 2.20. The molecule has 7 nitrogen and oxygen atoms in total. The van der Waals surface area contributed by atoms with Crippen molar-refractivity contribution in [3.8, 4) is 17.0 Å². The van der Waals surface area contributed by atoms with Gasteiger partial charge in [-0.3, -0.25) is 5.21 Å². The van der Waals surface area contributed by atoms with Gasteiger partial charge in [0.25, 0.3) is 0 Å². The first-order chi connectivity index (χ1) is 14.5. The maximum atomic E-state index is 14.3. The number of anilines is 1. The second-order valence-electron chi connectivity index (χ2n) is 7.26. The Morgan fingerprint density at radius 1 is 1.20 bits per heavy atom. The number of aryl methyl sites for hydroxylation is 2. The van der Waals surface area contributed by atoms with Gasteiger partial charge in [-0.2, -0.15) is 0 Å². The molecule has 0 spiro atoms. The Balaban J connectivity index is 1.49. The molecule has 0 saturated carbocycles. The maximum Gasteiger partial charge on any atom is 0.436 e. The van der Waals surface area contributed by atoms with E-state index >= 15 is 0 Å². The van der Waals surface area contributed by atoms with Crippen LogP contribution in [-0.4, -0.2) is 27.3 Å². The first kappa shape index (κ1) is 19.8. The highest BCUT2D eigenvalue weighted by molar-refractivity contribution is 5.69. The van der Waals surface area contributed by atoms with Crippen molar-refractivity contribution in [1.29, 1.82) is 0 Å². The van der Waals surface area contributed by atoms with Crippen LogP contribution >= 0.6 is 0 Å². The minimum absolute atomic E-state index is 0.0810. The van der Waals surface area contributed by atoms with Crippen molar-refractivity contribution in [3.05, 3.63) is 71.2 Å². The van der Waals surface area contributed by atoms with Crippen LogP contribution in [0.1, 0.15) is 23.1 Å². The molecule has 1 amide bonds. The third-order valence-corrected chi connectivity index (χ3v) is 5.10. The summed E-state index contributed by atoms with van der Waals surface area (Å²) in [4.78, 5) is 20.0. The van der Waals surface area contributed by atoms with Gasteiger partial charge in [-0.1, -0.05) is 12.1 Å². The minimum atomic E-state index is -0.936. The molecule has 4 rings (SSSR count). The number of nitrogens with zero attached hydrogens (tertiary/aromatic N) is 2. The number of rotatable bonds is 4. The molecule has 0 aliphatic heterocycles. The predicted octanol–water partition coefficient (Wildman–Crippen LogP) is 4.04. The number of amides is 1. The summed E-state index contributed by atoms with van der Waals surface area (Å²) >= 11 is 0. The zero-order valence-electron chi connectivity index (χ0n) is 16.4. The Labute approximate surface area is 172 Å². The molecule has 154 valence electrons. The quantitative estimate of drug-likeness (QED) is 0.445. The van der Waals surface area contributed by atoms with Crippen LogP contribution in [0.25, 0.3) is 11.3 Å². The number of fused-ring (bicyclic) bond motifs is 1. The van der Waals surface area contributed by atoms with Crippen molar-refractivity contribution in [3.63, 3.8) is 0 Å². The fourth-order valence-corrected chi connectivity index (χ4v) is 3.64. The largest absolute Gasteiger partial charge is 0.436 e. The van der Waals surface area contributed by atoms with Gasteiger partial charge in [0, 0.05) is 17.8 Å². The molecule has 1 aliphatic carbocycles. The van der Waals surface area contributed by atoms with Crippen molar-refractivity contribution in [2.24, 2.45) is 0 Å². The van der Waals surface area contributed by atoms with Crippen LogP contribution in [0.15, 0.2) is 48.7 Å². The Morgan fingerprint density at radius 2 is 2.07 bits per heavy atom. The molecule has 0 radical (unpaired) electrons. The lowest BCUT2D eigenvalue weighted by molar-refractivity contribution is 0.127. The number of halogens is 1. The lowest BCUT2D eigenvalue weighted by atomic mass is 9.88. The van der Waals surface area contributed by atoms with Crippen molar-refractivity contribution in [2.75, 3.05) is 5.32 Å². The van der Waals surface area contributed by atoms with Gasteiger partial charge in [0.15, 0.2) is 0 Å². The molecular formula is C22H21FN4O3. The molecule has 3 N–H and O–H groups in total. The average molecular weight is 408 g/mol. The van der Waals surface area contributed by atoms with Crippen LogP contribution in [0.4, 0.5) is 15.1 Å². The van der Waals surface area contributed by atoms with E-state index in [-0.39, 0.29) is 11.9 Å². The molecule has 1 atom stereocenters. The topological polar surface area (TPSA) is 96.4 Å². The first-order valence-electron chi connectivity index (χ1n) is 9.61. The van der Waals surface area contributed by atoms with E-state index in [1.54, 1.807) is 30.5 Å². The summed E-state index contributed by atoms with van der Waals surface area (Å²) in [6, 6.07) is 12.2. The monoisotopic (exact) mass is 408 g/mol. The highest BCUT2D eigenvalue weighted by atomic mass is 19.1. The van der Waals surface area contributed by atoms with E-state index in [4.69, 9.17) is 9.94 Å². The van der Waals surface area contributed by atoms with Crippen LogP contribution in [-0.2, 0) is 12.8 Å². The van der Waals surface area contributed by atoms with Gasteiger partial charge in [-0.25, -0.2) is 24.6 Å². The van der Waals surface area contributed by atoms with Gasteiger partial charge in [0.1, 0.15) is 11.6 Å². The lowest BCUT2D eigenvalue weighted by Crippen LogP contribution is -2.28. The second-order valence-corrected chi connectivity index (χ2v) is 7.26. The van der Waals surface area contributed by atoms with Crippen molar-refractivity contribution >= 4 is 12.0 Å². The van der Waals surface area contributed by atoms with Crippen molar-refractivity contribution in [1.82, 2.24) is 15.4 Å². The molecular weight excluding hydrogens is 387 g/mol. The Kier molecular flexibility index (Phi) is 5.58. The number of aromatic nitrogens is 2. The fraction of sp³-hybridized carbons (Fsp3) is 0.227. The Morgan fingerprint density at radius 3 is 2.87 bits per heavy atom. The summed E-state index contributed by atoms with van der Waals surface area (Å²) < 4.78 is 19.3. The van der Waals surface area contributed by atoms with Crippen LogP contribution < -0.4 is 15.5 Å². The minimum Gasteiger partial charge on any atom is -0.409 e. The maximum absolute atomic E-state index is 14.3. The summed E-state index contributed by atoms with van der Waals surface area (Å²) in [5.41, 5.74) is 5.48. The smallest absolute Gasteiger partial charge is 0.409 e. The van der Waals surface area contributed by atoms with E-state index in [0.717, 1.165) is 24.0 Å². The molecule has 0 bridgehead atoms. The molecule has 8 heteroatoms. The third-order valence-electron chi connectivity index (χ3n) is 5.10. The summed E-state index contributed by atoms with van der Waals surface area (Å²) in [5.74, 6) is 0.479. The molecule has 1 aliphatic rings. The molecule has 2 aromatic carbocycles. The molecule has 0 saturated heterocycles. The van der Waals surface area contributed by atoms with E-state index in [1.807, 2.05) is 19.1 Å². The summed E-state index contributed by atoms with van der Waals surface area (Å²) in [6.07, 6.45) is 3.11. The highest BCUT2D eigenvalue weighted by Crippen LogP contribution is 2.28. The number of nitrogens with one attached hydrogen (secondary N) is 2. The molecule has 1 unspecified atom stereocenters. The molecule has 1 heterocycles. The predicted molar refractivity (Wildman–Crippen MR) is 109 cm³/mol. The zero-order valence-corrected chi connectivity index (χ0v) is 16.4. The van der Waals surface area contributed by atoms with Crippen LogP contribution in [0, 0.1) is 12.7 Å². The van der Waals surface area contributed by atoms with E-state index in [9.17, 15) is 9.18 Å². The zero-order chi connectivity index (χ0) is 21.1. The van der Waals surface area contributed by atoms with Crippen molar-refractivity contribution < 1.29 is 19.1 Å². The summed E-state index contributed by atoms with van der Waals surface area (Å²) in [6.45, 7) is 1.84. The Bertz CT molecular complexity index is 1090. The lowest BCUT2D eigenvalue weighted by Gasteiger charge is -2.26. The van der Waals surface area contributed by atoms with Gasteiger partial charge >= 0.3 is 6.09 Å². The Hall–Kier alpha value is -3.52. The van der Waals surface area contributed by atoms with Crippen molar-refractivity contribution in [2.45, 2.75) is 32.2 Å². The number of hydroxylamine groups is 1. The number of hydrogen-bond donors (Lipinski definition) is 3. The van der Waals surface area contributed by atoms with Crippen LogP contribution in [0.2, 0.25) is 0 Å². The summed E-state index contributed by atoms with van der Waals surface area (Å²) in [7, 11) is 0. The third kappa shape index (κ3) is 4.38. The second kappa shape index (κ2) is 8.46. The molecule has 0 fully saturated rings. The van der Waals surface area contributed by atoms with Gasteiger partial charge in [0.2, 0.25) is 5.95 Å². The number of carbonyl (C=O) groups is 1. The molecule has 30 heavy (non-hydrogen) atoms.